The van der Waals surface area contributed by atoms with Crippen LogP contribution in [0, 0.1) is 0 Å². The van der Waals surface area contributed by atoms with Gasteiger partial charge in [0.15, 0.2) is 0 Å². The van der Waals surface area contributed by atoms with Crippen LogP contribution in [0.3, 0.4) is 0 Å². The summed E-state index contributed by atoms with van der Waals surface area (Å²) in [4.78, 5) is 4.97. The molecule has 0 aromatic heterocycles. The molecule has 7 aromatic rings. The molecule has 0 aliphatic heterocycles. The van der Waals surface area contributed by atoms with Crippen LogP contribution in [-0.2, 0) is 21.7 Å². The fraction of sp³-hybridized carbons (Fsp3) is 0.267. The first-order valence-corrected chi connectivity index (χ1v) is 22.6. The lowest BCUT2D eigenvalue weighted by atomic mass is 9.67. The first-order valence-electron chi connectivity index (χ1n) is 22.6. The van der Waals surface area contributed by atoms with Gasteiger partial charge in [-0.3, -0.25) is 0 Å². The van der Waals surface area contributed by atoms with Crippen molar-refractivity contribution < 1.29 is 0 Å². The van der Waals surface area contributed by atoms with E-state index in [1.165, 1.54) is 83.5 Å². The standard InChI is InChI=1S/C60H60N2/c1-57(2,3)39-24-28-43(29-25-39)61(41-18-13-11-14-19-41)45-32-34-47-50-38-54-55(49-22-17-23-51(56(49)50)59(7,8)52(47)36-45)48-35-33-46(37-53(48)60(54,9)10)62(42-20-15-12-16-21-42)44-30-26-40(27-31-44)58(4,5)6/h11-18,20-38,41H,19H2,1-10H3. The topological polar surface area (TPSA) is 6.48 Å². The van der Waals surface area contributed by atoms with E-state index in [0.29, 0.717) is 0 Å². The van der Waals surface area contributed by atoms with E-state index in [1.807, 2.05) is 0 Å². The van der Waals surface area contributed by atoms with Crippen LogP contribution >= 0.6 is 0 Å². The fourth-order valence-corrected chi connectivity index (χ4v) is 10.7. The quantitative estimate of drug-likeness (QED) is 0.165. The molecular formula is C60H60N2. The number of anilines is 5. The van der Waals surface area contributed by atoms with E-state index in [1.54, 1.807) is 0 Å². The Balaban J connectivity index is 1.11. The van der Waals surface area contributed by atoms with E-state index in [9.17, 15) is 0 Å². The lowest BCUT2D eigenvalue weighted by Gasteiger charge is -2.38. The molecule has 3 aliphatic rings. The maximum atomic E-state index is 2.56. The highest BCUT2D eigenvalue weighted by molar-refractivity contribution is 6.12. The first kappa shape index (κ1) is 40.0. The van der Waals surface area contributed by atoms with Crippen LogP contribution in [0.1, 0.15) is 109 Å². The average Bonchev–Trinajstić information content (AvgIpc) is 3.48. The normalized spacial score (nSPS) is 16.8. The van der Waals surface area contributed by atoms with Gasteiger partial charge in [0.2, 0.25) is 0 Å². The minimum absolute atomic E-state index is 0.0874. The van der Waals surface area contributed by atoms with Crippen molar-refractivity contribution in [1.82, 2.24) is 0 Å². The molecule has 10 rings (SSSR count). The minimum atomic E-state index is -0.219. The molecule has 7 aromatic carbocycles. The molecule has 0 saturated heterocycles. The summed E-state index contributed by atoms with van der Waals surface area (Å²) in [7, 11) is 0. The molecule has 0 saturated carbocycles. The first-order chi connectivity index (χ1) is 29.5. The molecule has 0 amide bonds. The molecule has 0 N–H and O–H groups in total. The summed E-state index contributed by atoms with van der Waals surface area (Å²) in [6.45, 7) is 23.4. The van der Waals surface area contributed by atoms with Crippen LogP contribution in [0.15, 0.2) is 164 Å². The zero-order chi connectivity index (χ0) is 43.3. The summed E-state index contributed by atoms with van der Waals surface area (Å²) in [5, 5.41) is 2.75. The third kappa shape index (κ3) is 6.36. The molecule has 1 atom stereocenters. The molecule has 0 spiro atoms. The lowest BCUT2D eigenvalue weighted by Crippen LogP contribution is -2.31. The van der Waals surface area contributed by atoms with E-state index in [-0.39, 0.29) is 27.7 Å². The summed E-state index contributed by atoms with van der Waals surface area (Å²) in [5.41, 5.74) is 19.4. The van der Waals surface area contributed by atoms with Crippen molar-refractivity contribution in [3.63, 3.8) is 0 Å². The highest BCUT2D eigenvalue weighted by Crippen LogP contribution is 2.58. The molecule has 310 valence electrons. The van der Waals surface area contributed by atoms with E-state index in [0.717, 1.165) is 17.8 Å². The monoisotopic (exact) mass is 808 g/mol. The molecule has 0 radical (unpaired) electrons. The Kier molecular flexibility index (Phi) is 9.16. The minimum Gasteiger partial charge on any atom is -0.334 e. The third-order valence-corrected chi connectivity index (χ3v) is 14.3. The van der Waals surface area contributed by atoms with Crippen molar-refractivity contribution in [2.24, 2.45) is 0 Å². The van der Waals surface area contributed by atoms with Crippen LogP contribution in [-0.4, -0.2) is 6.04 Å². The molecule has 1 unspecified atom stereocenters. The van der Waals surface area contributed by atoms with E-state index < -0.39 is 0 Å². The Morgan fingerprint density at radius 2 is 1.03 bits per heavy atom. The van der Waals surface area contributed by atoms with E-state index in [4.69, 9.17) is 0 Å². The molecule has 0 heterocycles. The predicted molar refractivity (Wildman–Crippen MR) is 266 cm³/mol. The maximum absolute atomic E-state index is 2.56. The van der Waals surface area contributed by atoms with Crippen molar-refractivity contribution >= 4 is 39.2 Å². The molecule has 3 aliphatic carbocycles. The van der Waals surface area contributed by atoms with Crippen molar-refractivity contribution in [2.45, 2.75) is 103 Å². The number of allylic oxidation sites excluding steroid dienone is 2. The number of benzene rings is 7. The molecule has 2 heteroatoms. The number of hydrogen-bond donors (Lipinski definition) is 0. The Hall–Kier alpha value is -6.12. The van der Waals surface area contributed by atoms with Crippen molar-refractivity contribution in [3.8, 4) is 22.3 Å². The Morgan fingerprint density at radius 3 is 1.68 bits per heavy atom. The van der Waals surface area contributed by atoms with E-state index in [2.05, 4.69) is 243 Å². The summed E-state index contributed by atoms with van der Waals surface area (Å²) in [5.74, 6) is 0. The molecule has 2 nitrogen and oxygen atoms in total. The lowest BCUT2D eigenvalue weighted by molar-refractivity contribution is 0.590. The zero-order valence-corrected chi connectivity index (χ0v) is 38.3. The van der Waals surface area contributed by atoms with Crippen LogP contribution in [0.25, 0.3) is 33.0 Å². The maximum Gasteiger partial charge on any atom is 0.0559 e. The van der Waals surface area contributed by atoms with Gasteiger partial charge in [0.05, 0.1) is 6.04 Å². The van der Waals surface area contributed by atoms with Crippen LogP contribution in [0.2, 0.25) is 0 Å². The van der Waals surface area contributed by atoms with Gasteiger partial charge in [-0.1, -0.05) is 166 Å². The van der Waals surface area contributed by atoms with Crippen molar-refractivity contribution in [1.29, 1.82) is 0 Å². The van der Waals surface area contributed by atoms with E-state index >= 15 is 0 Å². The summed E-state index contributed by atoms with van der Waals surface area (Å²) in [6, 6.07) is 53.6. The van der Waals surface area contributed by atoms with Gasteiger partial charge in [0, 0.05) is 39.3 Å². The third-order valence-electron chi connectivity index (χ3n) is 14.3. The smallest absolute Gasteiger partial charge is 0.0559 e. The average molecular weight is 809 g/mol. The Labute approximate surface area is 370 Å². The number of fused-ring (bicyclic) bond motifs is 6. The fourth-order valence-electron chi connectivity index (χ4n) is 10.7. The second kappa shape index (κ2) is 14.2. The molecular weight excluding hydrogens is 749 g/mol. The van der Waals surface area contributed by atoms with Crippen molar-refractivity contribution in [2.75, 3.05) is 9.80 Å². The second-order valence-electron chi connectivity index (χ2n) is 21.0. The highest BCUT2D eigenvalue weighted by atomic mass is 15.2. The van der Waals surface area contributed by atoms with Gasteiger partial charge in [-0.05, 0) is 150 Å². The van der Waals surface area contributed by atoms with Gasteiger partial charge in [-0.15, -0.1) is 0 Å². The summed E-state index contributed by atoms with van der Waals surface area (Å²) >= 11 is 0. The van der Waals surface area contributed by atoms with Crippen LogP contribution in [0.5, 0.6) is 0 Å². The summed E-state index contributed by atoms with van der Waals surface area (Å²) < 4.78 is 0. The van der Waals surface area contributed by atoms with Crippen LogP contribution in [0.4, 0.5) is 28.4 Å². The molecule has 62 heavy (non-hydrogen) atoms. The largest absolute Gasteiger partial charge is 0.334 e. The van der Waals surface area contributed by atoms with Gasteiger partial charge < -0.3 is 9.80 Å². The van der Waals surface area contributed by atoms with Gasteiger partial charge in [0.1, 0.15) is 0 Å². The van der Waals surface area contributed by atoms with Gasteiger partial charge in [0.25, 0.3) is 0 Å². The second-order valence-corrected chi connectivity index (χ2v) is 21.0. The highest BCUT2D eigenvalue weighted by Gasteiger charge is 2.41. The Bertz CT molecular complexity index is 2930. The van der Waals surface area contributed by atoms with Gasteiger partial charge in [-0.2, -0.15) is 0 Å². The van der Waals surface area contributed by atoms with Crippen LogP contribution < -0.4 is 9.80 Å². The predicted octanol–water partition coefficient (Wildman–Crippen LogP) is 16.5. The molecule has 0 fully saturated rings. The number of para-hydroxylation sites is 1. The Morgan fingerprint density at radius 1 is 0.468 bits per heavy atom. The number of rotatable bonds is 6. The van der Waals surface area contributed by atoms with Gasteiger partial charge >= 0.3 is 0 Å². The molecule has 0 bridgehead atoms. The van der Waals surface area contributed by atoms with Gasteiger partial charge in [-0.25, -0.2) is 0 Å². The zero-order valence-electron chi connectivity index (χ0n) is 38.3. The number of nitrogens with zero attached hydrogens (tertiary/aromatic N) is 2. The number of hydrogen-bond acceptors (Lipinski definition) is 2. The SMILES string of the molecule is CC(C)(C)c1ccc(N(c2ccccc2)c2ccc3c(c2)C(C)(C)c2cc4c5c(cccc5c2-3)C(C)(C)c2cc(N(c3ccc(C(C)(C)C)cc3)C3C=CC=CC3)ccc2-4)cc1. The van der Waals surface area contributed by atoms with Crippen molar-refractivity contribution in [3.05, 3.63) is 197 Å². The summed E-state index contributed by atoms with van der Waals surface area (Å²) in [6.07, 6.45) is 10.0.